The van der Waals surface area contributed by atoms with E-state index in [1.165, 1.54) is 31.0 Å². The number of ether oxygens (including phenoxy) is 1. The van der Waals surface area contributed by atoms with E-state index in [-0.39, 0.29) is 24.4 Å². The van der Waals surface area contributed by atoms with E-state index in [1.807, 2.05) is 56.2 Å². The molecule has 1 aromatic rings. The van der Waals surface area contributed by atoms with Crippen LogP contribution in [-0.4, -0.2) is 59.1 Å². The minimum Gasteiger partial charge on any atom is -0.459 e. The Kier molecular flexibility index (Phi) is 8.34. The molecular formula is C27H36N4O3S. The van der Waals surface area contributed by atoms with E-state index < -0.39 is 6.04 Å². The Bertz CT molecular complexity index is 1060. The minimum absolute atomic E-state index is 0.0179. The lowest BCUT2D eigenvalue weighted by Gasteiger charge is -2.36. The number of rotatable bonds is 8. The van der Waals surface area contributed by atoms with Gasteiger partial charge in [-0.1, -0.05) is 48.0 Å². The number of fused-ring (bicyclic) bond motifs is 1. The summed E-state index contributed by atoms with van der Waals surface area (Å²) in [6.07, 6.45) is 3.78. The largest absolute Gasteiger partial charge is 0.459 e. The van der Waals surface area contributed by atoms with Crippen molar-refractivity contribution in [2.24, 2.45) is 4.99 Å². The summed E-state index contributed by atoms with van der Waals surface area (Å²) in [4.78, 5) is 35.3. The Hall–Kier alpha value is -2.58. The molecule has 8 heteroatoms. The number of hydrogen-bond acceptors (Lipinski definition) is 7. The van der Waals surface area contributed by atoms with Gasteiger partial charge in [0.25, 0.3) is 0 Å². The molecule has 0 radical (unpaired) electrons. The predicted molar refractivity (Wildman–Crippen MR) is 141 cm³/mol. The number of nitrogens with one attached hydrogen (secondary N) is 1. The molecule has 0 bridgehead atoms. The first-order valence-corrected chi connectivity index (χ1v) is 13.4. The van der Waals surface area contributed by atoms with Crippen molar-refractivity contribution < 1.29 is 14.3 Å². The van der Waals surface area contributed by atoms with Crippen LogP contribution in [0, 0.1) is 6.92 Å². The lowest BCUT2D eigenvalue weighted by Crippen LogP contribution is -2.40. The molecule has 0 aliphatic carbocycles. The van der Waals surface area contributed by atoms with Gasteiger partial charge in [0.15, 0.2) is 5.17 Å². The molecule has 0 saturated carbocycles. The molecule has 3 heterocycles. The zero-order valence-electron chi connectivity index (χ0n) is 21.2. The van der Waals surface area contributed by atoms with E-state index in [4.69, 9.17) is 9.73 Å². The molecular weight excluding hydrogens is 460 g/mol. The predicted octanol–water partition coefficient (Wildman–Crippen LogP) is 4.51. The van der Waals surface area contributed by atoms with E-state index in [1.54, 1.807) is 0 Å². The van der Waals surface area contributed by atoms with Gasteiger partial charge >= 0.3 is 5.97 Å². The second-order valence-corrected chi connectivity index (χ2v) is 10.5. The molecule has 35 heavy (non-hydrogen) atoms. The third kappa shape index (κ3) is 6.16. The second-order valence-electron chi connectivity index (χ2n) is 9.69. The number of amides is 1. The molecule has 3 aliphatic heterocycles. The normalized spacial score (nSPS) is 20.5. The van der Waals surface area contributed by atoms with Crippen LogP contribution in [0.5, 0.6) is 0 Å². The maximum absolute atomic E-state index is 13.2. The van der Waals surface area contributed by atoms with Gasteiger partial charge < -0.3 is 19.9 Å². The maximum atomic E-state index is 13.2. The quantitative estimate of drug-likeness (QED) is 0.534. The fourth-order valence-electron chi connectivity index (χ4n) is 4.83. The van der Waals surface area contributed by atoms with Crippen LogP contribution in [0.3, 0.4) is 0 Å². The number of nitrogens with zero attached hydrogens (tertiary/aromatic N) is 3. The number of piperidine rings is 1. The Balaban J connectivity index is 1.53. The highest BCUT2D eigenvalue weighted by atomic mass is 32.2. The standard InChI is InChI=1S/C27H36N4O3S/c1-18(2)34-26(33)24-20(4)29-27-31(25(24)21-10-8-9-19(3)15-21)22(17-35-27)16-23(32)28-11-14-30-12-6-5-7-13-30/h8-10,15,17-18,25H,5-7,11-14,16H2,1-4H3,(H,28,32)/t25-/m1/s1. The first-order valence-electron chi connectivity index (χ1n) is 12.5. The van der Waals surface area contributed by atoms with Crippen molar-refractivity contribution >= 4 is 28.8 Å². The van der Waals surface area contributed by atoms with Gasteiger partial charge in [-0.25, -0.2) is 9.79 Å². The van der Waals surface area contributed by atoms with Crippen molar-refractivity contribution in [3.8, 4) is 0 Å². The van der Waals surface area contributed by atoms with Crippen LogP contribution in [0.15, 0.2) is 51.6 Å². The summed E-state index contributed by atoms with van der Waals surface area (Å²) >= 11 is 1.50. The van der Waals surface area contributed by atoms with Gasteiger partial charge in [0.1, 0.15) is 0 Å². The molecule has 3 aliphatic rings. The van der Waals surface area contributed by atoms with Gasteiger partial charge in [-0.05, 0) is 64.6 Å². The van der Waals surface area contributed by atoms with Crippen molar-refractivity contribution in [3.63, 3.8) is 0 Å². The van der Waals surface area contributed by atoms with E-state index >= 15 is 0 Å². The molecule has 0 aromatic heterocycles. The number of carbonyl (C=O) groups excluding carboxylic acids is 2. The number of esters is 1. The van der Waals surface area contributed by atoms with Gasteiger partial charge in [-0.3, -0.25) is 4.79 Å². The molecule has 1 saturated heterocycles. The van der Waals surface area contributed by atoms with Crippen molar-refractivity contribution in [1.29, 1.82) is 0 Å². The molecule has 1 fully saturated rings. The van der Waals surface area contributed by atoms with Crippen LogP contribution in [0.2, 0.25) is 0 Å². The number of hydrogen-bond donors (Lipinski definition) is 1. The number of amidine groups is 1. The second kappa shape index (κ2) is 11.4. The van der Waals surface area contributed by atoms with Gasteiger partial charge in [0.05, 0.1) is 29.8 Å². The van der Waals surface area contributed by atoms with E-state index in [2.05, 4.69) is 16.3 Å². The summed E-state index contributed by atoms with van der Waals surface area (Å²) < 4.78 is 5.61. The maximum Gasteiger partial charge on any atom is 0.338 e. The molecule has 0 unspecified atom stereocenters. The van der Waals surface area contributed by atoms with Crippen molar-refractivity contribution in [2.45, 2.75) is 65.5 Å². The summed E-state index contributed by atoms with van der Waals surface area (Å²) in [5, 5.41) is 5.85. The lowest BCUT2D eigenvalue weighted by molar-refractivity contribution is -0.143. The van der Waals surface area contributed by atoms with Crippen LogP contribution < -0.4 is 5.32 Å². The number of benzene rings is 1. The minimum atomic E-state index is -0.393. The topological polar surface area (TPSA) is 74.2 Å². The number of aliphatic imine (C=N–C) groups is 1. The average molecular weight is 497 g/mol. The first kappa shape index (κ1) is 25.5. The van der Waals surface area contributed by atoms with E-state index in [0.717, 1.165) is 41.6 Å². The van der Waals surface area contributed by atoms with Crippen LogP contribution in [0.4, 0.5) is 0 Å². The fraction of sp³-hybridized carbons (Fsp3) is 0.519. The average Bonchev–Trinajstić information content (AvgIpc) is 3.20. The summed E-state index contributed by atoms with van der Waals surface area (Å²) in [7, 11) is 0. The van der Waals surface area contributed by atoms with Crippen molar-refractivity contribution in [3.05, 3.63) is 57.8 Å². The van der Waals surface area contributed by atoms with Crippen LogP contribution in [-0.2, 0) is 14.3 Å². The number of carbonyl (C=O) groups is 2. The van der Waals surface area contributed by atoms with Crippen LogP contribution in [0.25, 0.3) is 0 Å². The van der Waals surface area contributed by atoms with Crippen LogP contribution in [0.1, 0.15) is 63.6 Å². The monoisotopic (exact) mass is 496 g/mol. The molecule has 188 valence electrons. The third-order valence-electron chi connectivity index (χ3n) is 6.46. The number of aryl methyl sites for hydroxylation is 1. The SMILES string of the molecule is CC1=C(C(=O)OC(C)C)[C@@H](c2cccc(C)c2)N2C(CC(=O)NCCN3CCCCC3)=CSC2=N1. The smallest absolute Gasteiger partial charge is 0.338 e. The zero-order valence-corrected chi connectivity index (χ0v) is 22.0. The highest BCUT2D eigenvalue weighted by molar-refractivity contribution is 8.16. The summed E-state index contributed by atoms with van der Waals surface area (Å²) in [5.41, 5.74) is 4.10. The lowest BCUT2D eigenvalue weighted by atomic mass is 9.93. The summed E-state index contributed by atoms with van der Waals surface area (Å²) in [6.45, 7) is 11.3. The van der Waals surface area contributed by atoms with Gasteiger partial charge in [0.2, 0.25) is 5.91 Å². The first-order chi connectivity index (χ1) is 16.8. The highest BCUT2D eigenvalue weighted by Crippen LogP contribution is 2.45. The highest BCUT2D eigenvalue weighted by Gasteiger charge is 2.41. The fourth-order valence-corrected chi connectivity index (χ4v) is 5.79. The van der Waals surface area contributed by atoms with Crippen LogP contribution >= 0.6 is 11.8 Å². The summed E-state index contributed by atoms with van der Waals surface area (Å²) in [5.74, 6) is -0.385. The molecule has 7 nitrogen and oxygen atoms in total. The molecule has 1 atom stereocenters. The van der Waals surface area contributed by atoms with Gasteiger partial charge in [0, 0.05) is 18.8 Å². The molecule has 1 aromatic carbocycles. The Morgan fingerprint density at radius 2 is 1.97 bits per heavy atom. The molecule has 1 amide bonds. The Morgan fingerprint density at radius 1 is 1.20 bits per heavy atom. The molecule has 0 spiro atoms. The molecule has 1 N–H and O–H groups in total. The van der Waals surface area contributed by atoms with E-state index in [9.17, 15) is 9.59 Å². The van der Waals surface area contributed by atoms with Crippen molar-refractivity contribution in [2.75, 3.05) is 26.2 Å². The van der Waals surface area contributed by atoms with Gasteiger partial charge in [-0.15, -0.1) is 0 Å². The molecule has 4 rings (SSSR count). The summed E-state index contributed by atoms with van der Waals surface area (Å²) in [6, 6.07) is 7.75. The van der Waals surface area contributed by atoms with E-state index in [0.29, 0.717) is 17.8 Å². The van der Waals surface area contributed by atoms with Gasteiger partial charge in [-0.2, -0.15) is 0 Å². The Labute approximate surface area is 212 Å². The third-order valence-corrected chi connectivity index (χ3v) is 7.35. The number of thioether (sulfide) groups is 1. The zero-order chi connectivity index (χ0) is 24.9. The number of allylic oxidation sites excluding steroid dienone is 1. The van der Waals surface area contributed by atoms with Crippen molar-refractivity contribution in [1.82, 2.24) is 15.1 Å². The number of likely N-dealkylation sites (tertiary alicyclic amines) is 1. The Morgan fingerprint density at radius 3 is 2.69 bits per heavy atom.